The van der Waals surface area contributed by atoms with Crippen LogP contribution < -0.4 is 9.47 Å². The topological polar surface area (TPSA) is 117 Å². The number of ketones is 1. The van der Waals surface area contributed by atoms with E-state index < -0.39 is 37.4 Å². The highest BCUT2D eigenvalue weighted by molar-refractivity contribution is 7.91. The second-order valence-electron chi connectivity index (χ2n) is 11.9. The molecule has 0 bridgehead atoms. The van der Waals surface area contributed by atoms with E-state index in [1.807, 2.05) is 41.5 Å². The zero-order valence-corrected chi connectivity index (χ0v) is 26.2. The zero-order chi connectivity index (χ0) is 29.6. The number of aromatic nitrogens is 3. The number of hydrogen-bond acceptors (Lipinski definition) is 8. The molecule has 1 aromatic carbocycles. The van der Waals surface area contributed by atoms with Crippen LogP contribution in [0.3, 0.4) is 0 Å². The lowest BCUT2D eigenvalue weighted by atomic mass is 9.58. The number of carbonyl (C=O) groups is 1. The third-order valence-electron chi connectivity index (χ3n) is 8.29. The molecule has 11 heteroatoms. The fourth-order valence-electron chi connectivity index (χ4n) is 5.74. The second-order valence-corrected chi connectivity index (χ2v) is 15.1. The molecule has 3 atom stereocenters. The maximum absolute atomic E-state index is 14.4. The van der Waals surface area contributed by atoms with E-state index >= 15 is 0 Å². The van der Waals surface area contributed by atoms with Crippen molar-refractivity contribution in [3.8, 4) is 11.5 Å². The number of nitrogens with zero attached hydrogens (tertiary/aromatic N) is 3. The summed E-state index contributed by atoms with van der Waals surface area (Å²) < 4.78 is 54.7. The van der Waals surface area contributed by atoms with E-state index in [4.69, 9.17) is 9.47 Å². The average molecular weight is 590 g/mol. The molecule has 2 aromatic heterocycles. The van der Waals surface area contributed by atoms with Crippen molar-refractivity contribution in [1.82, 2.24) is 13.9 Å². The summed E-state index contributed by atoms with van der Waals surface area (Å²) in [4.78, 5) is 22.6. The molecule has 0 amide bonds. The Balaban J connectivity index is 1.87. The number of pyridine rings is 1. The third kappa shape index (κ3) is 5.30. The fourth-order valence-corrected chi connectivity index (χ4v) is 9.70. The van der Waals surface area contributed by atoms with Gasteiger partial charge in [0.1, 0.15) is 17.3 Å². The van der Waals surface area contributed by atoms with E-state index in [2.05, 4.69) is 9.97 Å². The van der Waals surface area contributed by atoms with Crippen molar-refractivity contribution in [2.24, 2.45) is 16.7 Å². The lowest BCUT2D eigenvalue weighted by molar-refractivity contribution is -0.138. The van der Waals surface area contributed by atoms with Gasteiger partial charge in [-0.3, -0.25) is 14.0 Å². The van der Waals surface area contributed by atoms with Crippen LogP contribution in [0.4, 0.5) is 0 Å². The van der Waals surface area contributed by atoms with Crippen LogP contribution >= 0.6 is 0 Å². The van der Waals surface area contributed by atoms with E-state index in [-0.39, 0.29) is 28.1 Å². The Morgan fingerprint density at radius 1 is 1.18 bits per heavy atom. The molecule has 0 N–H and O–H groups in total. The van der Waals surface area contributed by atoms with Gasteiger partial charge < -0.3 is 9.47 Å². The Morgan fingerprint density at radius 2 is 1.88 bits per heavy atom. The normalized spacial score (nSPS) is 21.0. The first kappa shape index (κ1) is 30.2. The molecule has 218 valence electrons. The molecule has 1 saturated carbocycles. The third-order valence-corrected chi connectivity index (χ3v) is 11.4. The Kier molecular flexibility index (Phi) is 8.21. The Bertz CT molecular complexity index is 1590. The van der Waals surface area contributed by atoms with Crippen LogP contribution in [0, 0.1) is 30.6 Å². The Hall–Kier alpha value is -2.79. The summed E-state index contributed by atoms with van der Waals surface area (Å²) in [5.74, 6) is 0.782. The van der Waals surface area contributed by atoms with Gasteiger partial charge in [0.15, 0.2) is 0 Å². The van der Waals surface area contributed by atoms with Gasteiger partial charge in [-0.05, 0) is 50.2 Å². The van der Waals surface area contributed by atoms with Crippen molar-refractivity contribution in [2.75, 3.05) is 20.0 Å². The summed E-state index contributed by atoms with van der Waals surface area (Å²) in [6.07, 6.45) is 3.21. The van der Waals surface area contributed by atoms with Gasteiger partial charge in [-0.15, -0.1) is 0 Å². The van der Waals surface area contributed by atoms with Crippen LogP contribution in [-0.4, -0.2) is 52.3 Å². The molecular weight excluding hydrogens is 550 g/mol. The number of ether oxygens (including phenoxy) is 2. The van der Waals surface area contributed by atoms with Gasteiger partial charge in [0, 0.05) is 35.2 Å². The number of aryl methyl sites for hydroxylation is 1. The number of rotatable bonds is 8. The van der Waals surface area contributed by atoms with Crippen molar-refractivity contribution in [2.45, 2.75) is 71.7 Å². The molecule has 9 nitrogen and oxygen atoms in total. The summed E-state index contributed by atoms with van der Waals surface area (Å²) in [6, 6.07) is 4.90. The highest BCUT2D eigenvalue weighted by atomic mass is 32.2. The SMILES string of the molecule is COc1ccc2nc([S@](=O)Cc3ncc(C)c(OC)c3C)n(S(=O)(=O)CC3(C(C)(C)C)CCC(C)CC3=O)c2c1. The molecular formula is C29H39N3O6S2. The van der Waals surface area contributed by atoms with E-state index in [1.54, 1.807) is 31.5 Å². The van der Waals surface area contributed by atoms with Crippen LogP contribution in [0.1, 0.15) is 63.8 Å². The molecule has 0 radical (unpaired) electrons. The minimum absolute atomic E-state index is 0.0430. The molecule has 0 spiro atoms. The Morgan fingerprint density at radius 3 is 2.48 bits per heavy atom. The van der Waals surface area contributed by atoms with Crippen molar-refractivity contribution in [3.05, 3.63) is 41.2 Å². The zero-order valence-electron chi connectivity index (χ0n) is 24.5. The van der Waals surface area contributed by atoms with Crippen LogP contribution in [0.15, 0.2) is 29.6 Å². The Labute approximate surface area is 239 Å². The highest BCUT2D eigenvalue weighted by Gasteiger charge is 2.53. The summed E-state index contributed by atoms with van der Waals surface area (Å²) in [6.45, 7) is 11.5. The van der Waals surface area contributed by atoms with Gasteiger partial charge in [0.25, 0.3) is 0 Å². The predicted octanol–water partition coefficient (Wildman–Crippen LogP) is 4.97. The standard InChI is InChI=1S/C29H39N3O6S2/c1-18-11-12-29(25(33)13-18,28(4,5)6)17-40(35,36)32-24-14-21(37-7)9-10-22(24)31-27(32)39(34)16-23-20(3)26(38-8)19(2)15-30-23/h9-10,14-15,18H,11-13,16-17H2,1-8H3/t18?,29?,39-/m1/s1. The number of Topliss-reactive ketones (excluding diaryl/α,β-unsaturated/α-hetero) is 1. The van der Waals surface area contributed by atoms with Gasteiger partial charge in [-0.2, -0.15) is 0 Å². The lowest BCUT2D eigenvalue weighted by Crippen LogP contribution is -2.51. The summed E-state index contributed by atoms with van der Waals surface area (Å²) in [7, 11) is -3.05. The van der Waals surface area contributed by atoms with Crippen molar-refractivity contribution in [3.63, 3.8) is 0 Å². The highest BCUT2D eigenvalue weighted by Crippen LogP contribution is 2.50. The van der Waals surface area contributed by atoms with E-state index in [1.165, 1.54) is 7.11 Å². The van der Waals surface area contributed by atoms with Crippen LogP contribution in [0.5, 0.6) is 11.5 Å². The summed E-state index contributed by atoms with van der Waals surface area (Å²) in [5, 5.41) is -0.107. The van der Waals surface area contributed by atoms with Crippen LogP contribution in [-0.2, 0) is 31.4 Å². The molecule has 1 aliphatic carbocycles. The number of fused-ring (bicyclic) bond motifs is 1. The van der Waals surface area contributed by atoms with Gasteiger partial charge in [0.05, 0.1) is 53.3 Å². The largest absolute Gasteiger partial charge is 0.497 e. The average Bonchev–Trinajstić information content (AvgIpc) is 3.27. The molecule has 4 rings (SSSR count). The van der Waals surface area contributed by atoms with Crippen LogP contribution in [0.2, 0.25) is 0 Å². The summed E-state index contributed by atoms with van der Waals surface area (Å²) >= 11 is 0. The molecule has 0 saturated heterocycles. The first-order valence-electron chi connectivity index (χ1n) is 13.4. The molecule has 1 fully saturated rings. The summed E-state index contributed by atoms with van der Waals surface area (Å²) in [5.41, 5.74) is 1.03. The molecule has 40 heavy (non-hydrogen) atoms. The monoisotopic (exact) mass is 589 g/mol. The first-order valence-corrected chi connectivity index (χ1v) is 16.3. The minimum atomic E-state index is -4.22. The van der Waals surface area contributed by atoms with E-state index in [0.717, 1.165) is 21.5 Å². The quantitative estimate of drug-likeness (QED) is 0.361. The first-order chi connectivity index (χ1) is 18.6. The van der Waals surface area contributed by atoms with Gasteiger partial charge in [0.2, 0.25) is 15.2 Å². The van der Waals surface area contributed by atoms with Crippen molar-refractivity contribution >= 4 is 37.6 Å². The molecule has 2 heterocycles. The maximum Gasteiger partial charge on any atom is 0.242 e. The van der Waals surface area contributed by atoms with E-state index in [0.29, 0.717) is 35.6 Å². The second kappa shape index (κ2) is 10.9. The number of methoxy groups -OCH3 is 2. The lowest BCUT2D eigenvalue weighted by Gasteiger charge is -2.47. The van der Waals surface area contributed by atoms with Crippen molar-refractivity contribution < 1.29 is 26.9 Å². The van der Waals surface area contributed by atoms with Crippen molar-refractivity contribution in [1.29, 1.82) is 0 Å². The van der Waals surface area contributed by atoms with Gasteiger partial charge in [-0.1, -0.05) is 27.7 Å². The number of hydrogen-bond donors (Lipinski definition) is 0. The van der Waals surface area contributed by atoms with Gasteiger partial charge in [-0.25, -0.2) is 17.4 Å². The van der Waals surface area contributed by atoms with E-state index in [9.17, 15) is 17.4 Å². The predicted molar refractivity (Wildman–Crippen MR) is 156 cm³/mol. The van der Waals surface area contributed by atoms with Crippen LogP contribution in [0.25, 0.3) is 11.0 Å². The maximum atomic E-state index is 14.4. The smallest absolute Gasteiger partial charge is 0.242 e. The molecule has 2 unspecified atom stereocenters. The number of imidazole rings is 1. The number of carbonyl (C=O) groups excluding carboxylic acids is 1. The molecule has 1 aliphatic rings. The minimum Gasteiger partial charge on any atom is -0.497 e. The van der Waals surface area contributed by atoms with Gasteiger partial charge >= 0.3 is 0 Å². The number of benzene rings is 1. The molecule has 0 aliphatic heterocycles. The molecule has 3 aromatic rings. The fraction of sp³-hybridized carbons (Fsp3) is 0.552.